The van der Waals surface area contributed by atoms with Crippen molar-refractivity contribution in [2.45, 2.75) is 12.0 Å². The molecule has 5 rings (SSSR count). The summed E-state index contributed by atoms with van der Waals surface area (Å²) >= 11 is 6.76. The summed E-state index contributed by atoms with van der Waals surface area (Å²) in [5, 5.41) is 15.0. The minimum Gasteiger partial charge on any atom is -0.383 e. The number of likely N-dealkylation sites (tertiary alicyclic amines) is 1. The van der Waals surface area contributed by atoms with Gasteiger partial charge in [0.25, 0.3) is 0 Å². The lowest BCUT2D eigenvalue weighted by atomic mass is 9.94. The molecule has 0 bridgehead atoms. The molecule has 1 aliphatic heterocycles. The number of anilines is 1. The van der Waals surface area contributed by atoms with Gasteiger partial charge in [0.05, 0.1) is 24.5 Å². The number of halogens is 3. The van der Waals surface area contributed by atoms with Gasteiger partial charge in [-0.2, -0.15) is 10.2 Å². The van der Waals surface area contributed by atoms with Crippen molar-refractivity contribution in [2.24, 2.45) is 7.05 Å². The molecule has 1 saturated heterocycles. The zero-order valence-electron chi connectivity index (χ0n) is 21.4. The molecule has 3 heterocycles. The third-order valence-corrected chi connectivity index (χ3v) is 7.09. The maximum atomic E-state index is 14.1. The summed E-state index contributed by atoms with van der Waals surface area (Å²) in [6.45, 7) is 2.20. The number of carbonyl (C=O) groups is 1. The number of rotatable bonds is 8. The Morgan fingerprint density at radius 2 is 1.95 bits per heavy atom. The Hall–Kier alpha value is -3.80. The van der Waals surface area contributed by atoms with Gasteiger partial charge in [-0.25, -0.2) is 18.3 Å². The Balaban J connectivity index is 1.42. The van der Waals surface area contributed by atoms with Gasteiger partial charge in [-0.15, -0.1) is 0 Å². The summed E-state index contributed by atoms with van der Waals surface area (Å²) < 4.78 is 36.1. The largest absolute Gasteiger partial charge is 0.383 e. The number of benzene rings is 2. The van der Waals surface area contributed by atoms with Gasteiger partial charge < -0.3 is 10.1 Å². The summed E-state index contributed by atoms with van der Waals surface area (Å²) in [5.41, 5.74) is 2.47. The molecule has 2 aromatic carbocycles. The molecular weight excluding hydrogens is 528 g/mol. The fourth-order valence-electron chi connectivity index (χ4n) is 4.82. The maximum absolute atomic E-state index is 14.1. The first-order valence-corrected chi connectivity index (χ1v) is 12.8. The highest BCUT2D eigenvalue weighted by molar-refractivity contribution is 6.36. The normalized spacial score (nSPS) is 17.5. The standard InChI is InChI=1S/C27H28ClF2N7O2/c1-35-14-18(13-31-35)25-24(28)26(37(34-25)19-6-4-3-5-7-19)33-27(38)32-23-16-36(10-11-39-2)15-20(23)17-8-9-21(29)22(30)12-17/h3-9,12-14,20,23H,10-11,15-16H2,1-2H3,(H2,32,33,38). The summed E-state index contributed by atoms with van der Waals surface area (Å²) in [6.07, 6.45) is 3.43. The topological polar surface area (TPSA) is 89.2 Å². The molecule has 4 aromatic rings. The van der Waals surface area contributed by atoms with Gasteiger partial charge in [-0.3, -0.25) is 14.9 Å². The first-order chi connectivity index (χ1) is 18.8. The van der Waals surface area contributed by atoms with E-state index in [9.17, 15) is 13.6 Å². The number of carbonyl (C=O) groups excluding carboxylic acids is 1. The maximum Gasteiger partial charge on any atom is 0.320 e. The van der Waals surface area contributed by atoms with Crippen LogP contribution in [0.3, 0.4) is 0 Å². The Labute approximate surface area is 229 Å². The number of hydrogen-bond donors (Lipinski definition) is 2. The van der Waals surface area contributed by atoms with Gasteiger partial charge in [-0.05, 0) is 29.8 Å². The Morgan fingerprint density at radius 3 is 2.64 bits per heavy atom. The van der Waals surface area contributed by atoms with Crippen molar-refractivity contribution < 1.29 is 18.3 Å². The number of methoxy groups -OCH3 is 1. The van der Waals surface area contributed by atoms with E-state index in [1.807, 2.05) is 30.3 Å². The number of aryl methyl sites for hydroxylation is 1. The molecule has 2 unspecified atom stereocenters. The van der Waals surface area contributed by atoms with Crippen molar-refractivity contribution >= 4 is 23.4 Å². The quantitative estimate of drug-likeness (QED) is 0.335. The molecule has 9 nitrogen and oxygen atoms in total. The SMILES string of the molecule is COCCN1CC(NC(=O)Nc2c(Cl)c(-c3cnn(C)c3)nn2-c2ccccc2)C(c2ccc(F)c(F)c2)C1. The van der Waals surface area contributed by atoms with E-state index in [-0.39, 0.29) is 22.8 Å². The first-order valence-electron chi connectivity index (χ1n) is 12.4. The predicted octanol–water partition coefficient (Wildman–Crippen LogP) is 4.44. The second kappa shape index (κ2) is 11.5. The second-order valence-electron chi connectivity index (χ2n) is 9.40. The van der Waals surface area contributed by atoms with E-state index in [4.69, 9.17) is 16.3 Å². The Morgan fingerprint density at radius 1 is 1.15 bits per heavy atom. The van der Waals surface area contributed by atoms with Crippen molar-refractivity contribution in [1.82, 2.24) is 29.8 Å². The average Bonchev–Trinajstić information content (AvgIpc) is 3.62. The van der Waals surface area contributed by atoms with Crippen LogP contribution in [0.4, 0.5) is 19.4 Å². The molecule has 1 fully saturated rings. The van der Waals surface area contributed by atoms with E-state index >= 15 is 0 Å². The molecule has 0 spiro atoms. The molecule has 2 aromatic heterocycles. The molecule has 0 radical (unpaired) electrons. The number of urea groups is 1. The molecule has 2 atom stereocenters. The zero-order valence-corrected chi connectivity index (χ0v) is 22.2. The van der Waals surface area contributed by atoms with Crippen LogP contribution in [0.1, 0.15) is 11.5 Å². The highest BCUT2D eigenvalue weighted by Crippen LogP contribution is 2.35. The van der Waals surface area contributed by atoms with Crippen LogP contribution in [0, 0.1) is 11.6 Å². The van der Waals surface area contributed by atoms with Crippen LogP contribution in [0.2, 0.25) is 5.02 Å². The number of nitrogens with zero attached hydrogens (tertiary/aromatic N) is 5. The predicted molar refractivity (Wildman–Crippen MR) is 144 cm³/mol. The molecule has 0 saturated carbocycles. The number of ether oxygens (including phenoxy) is 1. The van der Waals surface area contributed by atoms with E-state index in [2.05, 4.69) is 25.7 Å². The molecule has 39 heavy (non-hydrogen) atoms. The molecule has 2 N–H and O–H groups in total. The number of hydrogen-bond acceptors (Lipinski definition) is 5. The van der Waals surface area contributed by atoms with Gasteiger partial charge in [0.2, 0.25) is 0 Å². The first kappa shape index (κ1) is 26.8. The Bertz CT molecular complexity index is 1460. The molecular formula is C27H28ClF2N7O2. The van der Waals surface area contributed by atoms with Gasteiger partial charge in [0, 0.05) is 51.5 Å². The third-order valence-electron chi connectivity index (χ3n) is 6.73. The van der Waals surface area contributed by atoms with Crippen LogP contribution >= 0.6 is 11.6 Å². The number of amides is 2. The lowest BCUT2D eigenvalue weighted by molar-refractivity contribution is 0.159. The number of nitrogens with one attached hydrogen (secondary N) is 2. The fourth-order valence-corrected chi connectivity index (χ4v) is 5.09. The van der Waals surface area contributed by atoms with Gasteiger partial charge >= 0.3 is 6.03 Å². The third kappa shape index (κ3) is 5.80. The Kier molecular flexibility index (Phi) is 7.92. The fraction of sp³-hybridized carbons (Fsp3) is 0.296. The lowest BCUT2D eigenvalue weighted by Gasteiger charge is -2.21. The smallest absolute Gasteiger partial charge is 0.320 e. The molecule has 12 heteroatoms. The van der Waals surface area contributed by atoms with E-state index in [1.54, 1.807) is 42.0 Å². The van der Waals surface area contributed by atoms with Crippen molar-refractivity contribution in [1.29, 1.82) is 0 Å². The number of para-hydroxylation sites is 1. The summed E-state index contributed by atoms with van der Waals surface area (Å²) in [6, 6.07) is 12.3. The van der Waals surface area contributed by atoms with Gasteiger partial charge in [0.15, 0.2) is 17.5 Å². The minimum atomic E-state index is -0.924. The monoisotopic (exact) mass is 555 g/mol. The highest BCUT2D eigenvalue weighted by atomic mass is 35.5. The van der Waals surface area contributed by atoms with Crippen molar-refractivity contribution in [3.8, 4) is 16.9 Å². The molecule has 0 aliphatic carbocycles. The van der Waals surface area contributed by atoms with Gasteiger partial charge in [-0.1, -0.05) is 35.9 Å². The zero-order chi connectivity index (χ0) is 27.5. The van der Waals surface area contributed by atoms with Crippen LogP contribution in [0.5, 0.6) is 0 Å². The summed E-state index contributed by atoms with van der Waals surface area (Å²) in [4.78, 5) is 15.5. The van der Waals surface area contributed by atoms with Crippen LogP contribution in [-0.4, -0.2) is 69.9 Å². The lowest BCUT2D eigenvalue weighted by Crippen LogP contribution is -2.42. The summed E-state index contributed by atoms with van der Waals surface area (Å²) in [7, 11) is 3.41. The van der Waals surface area contributed by atoms with E-state index in [0.29, 0.717) is 48.7 Å². The van der Waals surface area contributed by atoms with Crippen LogP contribution < -0.4 is 10.6 Å². The average molecular weight is 556 g/mol. The highest BCUT2D eigenvalue weighted by Gasteiger charge is 2.35. The van der Waals surface area contributed by atoms with Crippen LogP contribution in [0.25, 0.3) is 16.9 Å². The molecule has 1 aliphatic rings. The van der Waals surface area contributed by atoms with E-state index in [0.717, 1.165) is 6.07 Å². The summed E-state index contributed by atoms with van der Waals surface area (Å²) in [5.74, 6) is -1.81. The van der Waals surface area contributed by atoms with Crippen LogP contribution in [0.15, 0.2) is 60.9 Å². The van der Waals surface area contributed by atoms with E-state index < -0.39 is 17.7 Å². The molecule has 2 amide bonds. The molecule has 204 valence electrons. The second-order valence-corrected chi connectivity index (χ2v) is 9.78. The number of aromatic nitrogens is 4. The minimum absolute atomic E-state index is 0.257. The van der Waals surface area contributed by atoms with Crippen LogP contribution in [-0.2, 0) is 11.8 Å². The van der Waals surface area contributed by atoms with E-state index in [1.165, 1.54) is 6.07 Å². The van der Waals surface area contributed by atoms with Crippen molar-refractivity contribution in [3.63, 3.8) is 0 Å². The van der Waals surface area contributed by atoms with Crippen molar-refractivity contribution in [2.75, 3.05) is 38.7 Å². The van der Waals surface area contributed by atoms with Crippen molar-refractivity contribution in [3.05, 3.63) is 83.1 Å². The van der Waals surface area contributed by atoms with Gasteiger partial charge in [0.1, 0.15) is 10.7 Å².